The third-order valence-corrected chi connectivity index (χ3v) is 3.40. The average molecular weight is 371 g/mol. The second-order valence-corrected chi connectivity index (χ2v) is 5.43. The van der Waals surface area contributed by atoms with Crippen LogP contribution in [0.1, 0.15) is 5.56 Å². The Hall–Kier alpha value is -2.81. The van der Waals surface area contributed by atoms with Gasteiger partial charge in [0.2, 0.25) is 0 Å². The molecule has 130 valence electrons. The summed E-state index contributed by atoms with van der Waals surface area (Å²) in [4.78, 5) is 17.8. The first-order valence-corrected chi connectivity index (χ1v) is 7.32. The number of alkyl halides is 3. The molecule has 0 unspecified atom stereocenters. The van der Waals surface area contributed by atoms with Crippen LogP contribution in [0.3, 0.4) is 0 Å². The van der Waals surface area contributed by atoms with E-state index >= 15 is 0 Å². The number of nitrogens with one attached hydrogen (secondary N) is 1. The Morgan fingerprint density at radius 2 is 2.04 bits per heavy atom. The third-order valence-electron chi connectivity index (χ3n) is 3.17. The molecule has 0 aliphatic rings. The molecule has 1 N–H and O–H groups in total. The van der Waals surface area contributed by atoms with Gasteiger partial charge < -0.3 is 10.2 Å². The summed E-state index contributed by atoms with van der Waals surface area (Å²) in [6.45, 7) is -0.471. The standard InChI is InChI=1S/C15H10ClF3N4O2/c16-10-2-1-3-11(7-10)20-14(24)8-25-23-13-6-9(15(17,18)19)4-5-12(13)21-22-23/h1-7H,8H2,(H,20,24). The van der Waals surface area contributed by atoms with Crippen LogP contribution >= 0.6 is 11.6 Å². The van der Waals surface area contributed by atoms with Crippen molar-refractivity contribution in [2.24, 2.45) is 0 Å². The van der Waals surface area contributed by atoms with E-state index in [9.17, 15) is 18.0 Å². The van der Waals surface area contributed by atoms with Gasteiger partial charge >= 0.3 is 6.18 Å². The van der Waals surface area contributed by atoms with Gasteiger partial charge in [-0.25, -0.2) is 0 Å². The van der Waals surface area contributed by atoms with Crippen LogP contribution < -0.4 is 10.2 Å². The number of fused-ring (bicyclic) bond motifs is 1. The molecule has 0 aliphatic heterocycles. The summed E-state index contributed by atoms with van der Waals surface area (Å²) >= 11 is 5.81. The Morgan fingerprint density at radius 1 is 1.24 bits per heavy atom. The first kappa shape index (κ1) is 17.0. The van der Waals surface area contributed by atoms with Crippen molar-refractivity contribution in [3.05, 3.63) is 53.1 Å². The second kappa shape index (κ2) is 6.60. The van der Waals surface area contributed by atoms with E-state index in [1.54, 1.807) is 24.3 Å². The molecule has 0 spiro atoms. The molecule has 0 radical (unpaired) electrons. The highest BCUT2D eigenvalue weighted by molar-refractivity contribution is 6.30. The summed E-state index contributed by atoms with van der Waals surface area (Å²) in [5.41, 5.74) is -0.187. The molecule has 0 saturated carbocycles. The number of hydrogen-bond donors (Lipinski definition) is 1. The zero-order valence-electron chi connectivity index (χ0n) is 12.4. The fourth-order valence-corrected chi connectivity index (χ4v) is 2.24. The molecule has 25 heavy (non-hydrogen) atoms. The van der Waals surface area contributed by atoms with Crippen LogP contribution in [0.2, 0.25) is 5.02 Å². The van der Waals surface area contributed by atoms with Gasteiger partial charge in [-0.1, -0.05) is 22.5 Å². The van der Waals surface area contributed by atoms with E-state index in [1.165, 1.54) is 6.07 Å². The monoisotopic (exact) mass is 370 g/mol. The van der Waals surface area contributed by atoms with Crippen molar-refractivity contribution in [1.82, 2.24) is 15.2 Å². The fourth-order valence-electron chi connectivity index (χ4n) is 2.05. The highest BCUT2D eigenvalue weighted by atomic mass is 35.5. The summed E-state index contributed by atoms with van der Waals surface area (Å²) in [6, 6.07) is 9.40. The van der Waals surface area contributed by atoms with Crippen LogP contribution in [-0.4, -0.2) is 27.7 Å². The van der Waals surface area contributed by atoms with Gasteiger partial charge in [0.25, 0.3) is 5.91 Å². The minimum atomic E-state index is -4.51. The molecule has 6 nitrogen and oxygen atoms in total. The topological polar surface area (TPSA) is 69.0 Å². The maximum Gasteiger partial charge on any atom is 0.416 e. The molecule has 0 saturated heterocycles. The van der Waals surface area contributed by atoms with Crippen molar-refractivity contribution in [2.75, 3.05) is 11.9 Å². The van der Waals surface area contributed by atoms with Crippen molar-refractivity contribution in [3.8, 4) is 0 Å². The molecular formula is C15H10ClF3N4O2. The number of rotatable bonds is 4. The van der Waals surface area contributed by atoms with E-state index in [-0.39, 0.29) is 11.0 Å². The Morgan fingerprint density at radius 3 is 2.76 bits per heavy atom. The van der Waals surface area contributed by atoms with Gasteiger partial charge in [0, 0.05) is 10.7 Å². The maximum absolute atomic E-state index is 12.8. The molecule has 1 heterocycles. The fraction of sp³-hybridized carbons (Fsp3) is 0.133. The zero-order chi connectivity index (χ0) is 18.0. The predicted molar refractivity (Wildman–Crippen MR) is 84.1 cm³/mol. The SMILES string of the molecule is O=C(COn1nnc2ccc(C(F)(F)F)cc21)Nc1cccc(Cl)c1. The zero-order valence-corrected chi connectivity index (χ0v) is 13.2. The van der Waals surface area contributed by atoms with Crippen LogP contribution in [0.15, 0.2) is 42.5 Å². The molecular weight excluding hydrogens is 361 g/mol. The van der Waals surface area contributed by atoms with Crippen LogP contribution in [-0.2, 0) is 11.0 Å². The van der Waals surface area contributed by atoms with E-state index in [1.807, 2.05) is 0 Å². The number of benzene rings is 2. The number of anilines is 1. The first-order valence-electron chi connectivity index (χ1n) is 6.94. The number of carbonyl (C=O) groups excluding carboxylic acids is 1. The van der Waals surface area contributed by atoms with E-state index in [2.05, 4.69) is 15.6 Å². The number of halogens is 4. The van der Waals surface area contributed by atoms with Gasteiger partial charge in [-0.15, -0.1) is 5.10 Å². The van der Waals surface area contributed by atoms with Gasteiger partial charge in [0.15, 0.2) is 6.61 Å². The molecule has 1 aromatic heterocycles. The quantitative estimate of drug-likeness (QED) is 0.766. The van der Waals surface area contributed by atoms with E-state index in [4.69, 9.17) is 16.4 Å². The van der Waals surface area contributed by atoms with Crippen molar-refractivity contribution >= 4 is 34.2 Å². The summed E-state index contributed by atoms with van der Waals surface area (Å²) in [5.74, 6) is -0.530. The Kier molecular flexibility index (Phi) is 4.49. The normalized spacial score (nSPS) is 11.5. The largest absolute Gasteiger partial charge is 0.416 e. The van der Waals surface area contributed by atoms with Gasteiger partial charge in [0.05, 0.1) is 5.56 Å². The molecule has 3 aromatic rings. The number of hydrogen-bond acceptors (Lipinski definition) is 4. The van der Waals surface area contributed by atoms with Gasteiger partial charge in [0.1, 0.15) is 11.0 Å². The lowest BCUT2D eigenvalue weighted by atomic mass is 10.2. The van der Waals surface area contributed by atoms with Crippen LogP contribution in [0.5, 0.6) is 0 Å². The Balaban J connectivity index is 1.71. The lowest BCUT2D eigenvalue weighted by Gasteiger charge is -2.08. The summed E-state index contributed by atoms with van der Waals surface area (Å²) in [6.07, 6.45) is -4.51. The number of nitrogens with zero attached hydrogens (tertiary/aromatic N) is 3. The third kappa shape index (κ3) is 4.00. The summed E-state index contributed by atoms with van der Waals surface area (Å²) in [5, 5.41) is 10.3. The van der Waals surface area contributed by atoms with Crippen LogP contribution in [0, 0.1) is 0 Å². The average Bonchev–Trinajstić information content (AvgIpc) is 2.94. The van der Waals surface area contributed by atoms with Gasteiger partial charge in [-0.3, -0.25) is 4.79 Å². The van der Waals surface area contributed by atoms with Gasteiger partial charge in [-0.2, -0.15) is 13.2 Å². The summed E-state index contributed by atoms with van der Waals surface area (Å²) in [7, 11) is 0. The first-order chi connectivity index (χ1) is 11.8. The van der Waals surface area contributed by atoms with Crippen LogP contribution in [0.4, 0.5) is 18.9 Å². The lowest BCUT2D eigenvalue weighted by molar-refractivity contribution is -0.137. The smallest absolute Gasteiger partial charge is 0.385 e. The van der Waals surface area contributed by atoms with Gasteiger partial charge in [-0.05, 0) is 41.6 Å². The number of aromatic nitrogens is 3. The molecule has 2 aromatic carbocycles. The summed E-state index contributed by atoms with van der Waals surface area (Å²) < 4.78 is 38.3. The lowest BCUT2D eigenvalue weighted by Crippen LogP contribution is -2.26. The molecule has 0 atom stereocenters. The van der Waals surface area contributed by atoms with E-state index in [0.717, 1.165) is 17.0 Å². The highest BCUT2D eigenvalue weighted by Crippen LogP contribution is 2.30. The van der Waals surface area contributed by atoms with Crippen molar-refractivity contribution in [3.63, 3.8) is 0 Å². The van der Waals surface area contributed by atoms with Crippen molar-refractivity contribution in [1.29, 1.82) is 0 Å². The predicted octanol–water partition coefficient (Wildman–Crippen LogP) is 3.17. The molecule has 0 fully saturated rings. The Bertz CT molecular complexity index is 927. The molecule has 0 aliphatic carbocycles. The minimum Gasteiger partial charge on any atom is -0.385 e. The van der Waals surface area contributed by atoms with Crippen molar-refractivity contribution < 1.29 is 22.8 Å². The maximum atomic E-state index is 12.8. The second-order valence-electron chi connectivity index (χ2n) is 5.00. The van der Waals surface area contributed by atoms with Crippen LogP contribution in [0.25, 0.3) is 11.0 Å². The van der Waals surface area contributed by atoms with E-state index in [0.29, 0.717) is 10.7 Å². The number of amides is 1. The molecule has 10 heteroatoms. The molecule has 0 bridgehead atoms. The Labute approximate surface area is 144 Å². The minimum absolute atomic E-state index is 0.00498. The number of carbonyl (C=O) groups is 1. The molecule has 3 rings (SSSR count). The van der Waals surface area contributed by atoms with E-state index < -0.39 is 24.3 Å². The highest BCUT2D eigenvalue weighted by Gasteiger charge is 2.31. The molecule has 1 amide bonds. The van der Waals surface area contributed by atoms with Crippen molar-refractivity contribution in [2.45, 2.75) is 6.18 Å².